The Bertz CT molecular complexity index is 1590. The number of carbonyl (C=O) groups excluding carboxylic acids is 3. The van der Waals surface area contributed by atoms with E-state index in [4.69, 9.17) is 14.2 Å². The Morgan fingerprint density at radius 2 is 0.506 bits per heavy atom. The Kier molecular flexibility index (Phi) is 63.3. The molecule has 0 aromatic carbocycles. The van der Waals surface area contributed by atoms with E-state index < -0.39 is 6.10 Å². The maximum Gasteiger partial charge on any atom is 0.306 e. The third kappa shape index (κ3) is 64.8. The van der Waals surface area contributed by atoms with Crippen molar-refractivity contribution in [1.29, 1.82) is 0 Å². The highest BCUT2D eigenvalue weighted by molar-refractivity contribution is 5.71. The quantitative estimate of drug-likeness (QED) is 0.0261. The van der Waals surface area contributed by atoms with Gasteiger partial charge in [0.15, 0.2) is 6.10 Å². The van der Waals surface area contributed by atoms with Crippen LogP contribution < -0.4 is 0 Å². The summed E-state index contributed by atoms with van der Waals surface area (Å²) in [5.41, 5.74) is 0. The average molecular weight is 1100 g/mol. The maximum atomic E-state index is 12.9. The fraction of sp³-hybridized carbons (Fsp3) is 0.712. The van der Waals surface area contributed by atoms with E-state index in [9.17, 15) is 14.4 Å². The Morgan fingerprint density at radius 3 is 0.823 bits per heavy atom. The van der Waals surface area contributed by atoms with Crippen LogP contribution in [0.4, 0.5) is 0 Å². The van der Waals surface area contributed by atoms with Crippen molar-refractivity contribution >= 4 is 17.9 Å². The molecule has 0 aliphatic carbocycles. The molecule has 1 atom stereocenters. The molecule has 0 aromatic rings. The van der Waals surface area contributed by atoms with Gasteiger partial charge in [0.2, 0.25) is 0 Å². The molecule has 79 heavy (non-hydrogen) atoms. The van der Waals surface area contributed by atoms with Crippen LogP contribution in [0.5, 0.6) is 0 Å². The molecule has 0 amide bonds. The number of ether oxygens (including phenoxy) is 3. The van der Waals surface area contributed by atoms with Crippen LogP contribution in [0.2, 0.25) is 0 Å². The summed E-state index contributed by atoms with van der Waals surface area (Å²) in [5, 5.41) is 0. The van der Waals surface area contributed by atoms with Crippen LogP contribution >= 0.6 is 0 Å². The van der Waals surface area contributed by atoms with Crippen molar-refractivity contribution in [3.8, 4) is 0 Å². The van der Waals surface area contributed by atoms with Gasteiger partial charge in [0.1, 0.15) is 13.2 Å². The summed E-state index contributed by atoms with van der Waals surface area (Å²) < 4.78 is 16.9. The van der Waals surface area contributed by atoms with Gasteiger partial charge >= 0.3 is 17.9 Å². The molecule has 0 heterocycles. The average Bonchev–Trinajstić information content (AvgIpc) is 3.45. The van der Waals surface area contributed by atoms with Crippen molar-refractivity contribution in [2.75, 3.05) is 13.2 Å². The third-order valence-electron chi connectivity index (χ3n) is 14.2. The molecule has 6 heteroatoms. The van der Waals surface area contributed by atoms with E-state index in [0.717, 1.165) is 128 Å². The van der Waals surface area contributed by atoms with E-state index in [1.807, 2.05) is 0 Å². The Labute approximate surface area is 489 Å². The minimum Gasteiger partial charge on any atom is -0.462 e. The van der Waals surface area contributed by atoms with Crippen molar-refractivity contribution in [2.45, 2.75) is 322 Å². The first kappa shape index (κ1) is 75.1. The van der Waals surface area contributed by atoms with E-state index in [1.165, 1.54) is 148 Å². The highest BCUT2D eigenvalue weighted by Crippen LogP contribution is 2.16. The molecule has 0 aromatic heterocycles. The van der Waals surface area contributed by atoms with Crippen molar-refractivity contribution in [1.82, 2.24) is 0 Å². The summed E-state index contributed by atoms with van der Waals surface area (Å²) in [4.78, 5) is 38.3. The molecule has 0 bridgehead atoms. The molecule has 0 fully saturated rings. The Morgan fingerprint density at radius 1 is 0.266 bits per heavy atom. The van der Waals surface area contributed by atoms with Gasteiger partial charge in [-0.2, -0.15) is 0 Å². The number of carbonyl (C=O) groups is 3. The zero-order valence-electron chi connectivity index (χ0n) is 51.9. The van der Waals surface area contributed by atoms with Crippen molar-refractivity contribution in [2.24, 2.45) is 0 Å². The number of allylic oxidation sites excluding steroid dienone is 18. The molecule has 0 rings (SSSR count). The van der Waals surface area contributed by atoms with E-state index in [1.54, 1.807) is 0 Å². The lowest BCUT2D eigenvalue weighted by molar-refractivity contribution is -0.167. The second kappa shape index (κ2) is 66.6. The summed E-state index contributed by atoms with van der Waals surface area (Å²) in [6, 6.07) is 0. The van der Waals surface area contributed by atoms with Crippen LogP contribution in [0.15, 0.2) is 109 Å². The molecule has 0 saturated heterocycles. The van der Waals surface area contributed by atoms with Gasteiger partial charge in [-0.05, 0) is 122 Å². The highest BCUT2D eigenvalue weighted by atomic mass is 16.6. The molecular weight excluding hydrogens is 973 g/mol. The summed E-state index contributed by atoms with van der Waals surface area (Å²) in [5.74, 6) is -0.919. The van der Waals surface area contributed by atoms with E-state index in [-0.39, 0.29) is 31.1 Å². The first-order chi connectivity index (χ1) is 39.0. The predicted octanol–water partition coefficient (Wildman–Crippen LogP) is 23.0. The summed E-state index contributed by atoms with van der Waals surface area (Å²) in [6.07, 6.45) is 91.1. The maximum absolute atomic E-state index is 12.9. The van der Waals surface area contributed by atoms with Crippen molar-refractivity contribution < 1.29 is 28.6 Å². The minimum absolute atomic E-state index is 0.0909. The second-order valence-electron chi connectivity index (χ2n) is 22.0. The van der Waals surface area contributed by atoms with Gasteiger partial charge in [0.05, 0.1) is 0 Å². The molecule has 0 radical (unpaired) electrons. The number of rotatable bonds is 60. The van der Waals surface area contributed by atoms with Crippen LogP contribution in [0.3, 0.4) is 0 Å². The van der Waals surface area contributed by atoms with Gasteiger partial charge in [-0.25, -0.2) is 0 Å². The molecule has 0 aliphatic heterocycles. The minimum atomic E-state index is -0.797. The smallest absolute Gasteiger partial charge is 0.306 e. The molecule has 0 spiro atoms. The monoisotopic (exact) mass is 1100 g/mol. The van der Waals surface area contributed by atoms with Gasteiger partial charge in [0.25, 0.3) is 0 Å². The molecule has 6 nitrogen and oxygen atoms in total. The van der Waals surface area contributed by atoms with Gasteiger partial charge in [-0.3, -0.25) is 14.4 Å². The van der Waals surface area contributed by atoms with Crippen LogP contribution in [0.1, 0.15) is 316 Å². The topological polar surface area (TPSA) is 78.9 Å². The number of unbranched alkanes of at least 4 members (excludes halogenated alkanes) is 31. The molecule has 452 valence electrons. The van der Waals surface area contributed by atoms with Crippen LogP contribution in [-0.4, -0.2) is 37.2 Å². The number of hydrogen-bond acceptors (Lipinski definition) is 6. The largest absolute Gasteiger partial charge is 0.462 e. The molecule has 0 aliphatic rings. The zero-order chi connectivity index (χ0) is 57.1. The summed E-state index contributed by atoms with van der Waals surface area (Å²) in [7, 11) is 0. The van der Waals surface area contributed by atoms with Crippen molar-refractivity contribution in [3.05, 3.63) is 109 Å². The van der Waals surface area contributed by atoms with Crippen LogP contribution in [-0.2, 0) is 28.6 Å². The van der Waals surface area contributed by atoms with Crippen LogP contribution in [0.25, 0.3) is 0 Å². The normalized spacial score (nSPS) is 12.8. The molecule has 0 N–H and O–H groups in total. The van der Waals surface area contributed by atoms with E-state index in [2.05, 4.69) is 130 Å². The van der Waals surface area contributed by atoms with Gasteiger partial charge in [-0.15, -0.1) is 0 Å². The first-order valence-electron chi connectivity index (χ1n) is 33.4. The fourth-order valence-electron chi connectivity index (χ4n) is 9.22. The molecular formula is C73H124O6. The number of esters is 3. The number of hydrogen-bond donors (Lipinski definition) is 0. The Hall–Kier alpha value is -3.93. The summed E-state index contributed by atoms with van der Waals surface area (Å²) >= 11 is 0. The predicted molar refractivity (Wildman–Crippen MR) is 343 cm³/mol. The summed E-state index contributed by atoms with van der Waals surface area (Å²) in [6.45, 7) is 6.47. The van der Waals surface area contributed by atoms with Gasteiger partial charge in [0, 0.05) is 19.3 Å². The molecule has 1 unspecified atom stereocenters. The SMILES string of the molecule is CC/C=C\C/C=C\C/C=C\C/C=C\C/C=C\C/C=C\CCCCCCC(=O)OC(COC(=O)CCCCCCC/C=C\CCCC)COC(=O)CCCCCCCCCCCCCCCCC/C=C\C/C=C\CCCCCCC. The Balaban J connectivity index is 4.30. The first-order valence-corrected chi connectivity index (χ1v) is 33.4. The van der Waals surface area contributed by atoms with E-state index >= 15 is 0 Å². The standard InChI is InChI=1S/C73H124O6/c1-4-7-10-13-16-19-22-24-26-28-30-32-34-35-36-37-39-40-42-44-46-48-51-54-57-60-63-66-72(75)78-69-70(68-77-71(74)65-62-59-56-53-50-21-18-15-12-9-6-3)79-73(76)67-64-61-58-55-52-49-47-45-43-41-38-33-31-29-27-25-23-20-17-14-11-8-5-2/h8,11,15,17-18,20,22,24-25,27-28,30-31,33,41,43,47,49,70H,4-7,9-10,12-14,16,19,21,23,26,29,32,34-40,42,44-46,48,50-69H2,1-3H3/b11-8-,18-15-,20-17-,24-22-,27-25-,30-28-,33-31-,43-41-,49-47-. The lowest BCUT2D eigenvalue weighted by Crippen LogP contribution is -2.30. The van der Waals surface area contributed by atoms with Crippen LogP contribution in [0, 0.1) is 0 Å². The lowest BCUT2D eigenvalue weighted by atomic mass is 10.0. The lowest BCUT2D eigenvalue weighted by Gasteiger charge is -2.18. The van der Waals surface area contributed by atoms with Crippen molar-refractivity contribution in [3.63, 3.8) is 0 Å². The molecule has 0 saturated carbocycles. The van der Waals surface area contributed by atoms with Gasteiger partial charge < -0.3 is 14.2 Å². The van der Waals surface area contributed by atoms with E-state index in [0.29, 0.717) is 19.3 Å². The second-order valence-corrected chi connectivity index (χ2v) is 22.0. The zero-order valence-corrected chi connectivity index (χ0v) is 51.9. The van der Waals surface area contributed by atoms with Gasteiger partial charge in [-0.1, -0.05) is 284 Å². The third-order valence-corrected chi connectivity index (χ3v) is 14.2. The fourth-order valence-corrected chi connectivity index (χ4v) is 9.22. The highest BCUT2D eigenvalue weighted by Gasteiger charge is 2.19.